The van der Waals surface area contributed by atoms with Crippen molar-refractivity contribution in [2.24, 2.45) is 5.92 Å². The predicted molar refractivity (Wildman–Crippen MR) is 118 cm³/mol. The Morgan fingerprint density at radius 1 is 1.09 bits per heavy atom. The van der Waals surface area contributed by atoms with E-state index in [0.29, 0.717) is 22.2 Å². The van der Waals surface area contributed by atoms with Crippen molar-refractivity contribution in [1.82, 2.24) is 10.4 Å². The van der Waals surface area contributed by atoms with Gasteiger partial charge in [-0.25, -0.2) is 0 Å². The standard InChI is InChI=1S/C22H22ClN3O7/c1-31-17-8-7-13(9-18(17)32-2)21(29)25-26-11-14(10-20(26)28)22(30)33-12-19(27)24-16-6-4-3-5-15(16)23/h3-9,14H,10-12H2,1-2H3,(H,24,27)(H,25,29)/t14-/m1/s1. The van der Waals surface area contributed by atoms with Gasteiger partial charge >= 0.3 is 5.97 Å². The van der Waals surface area contributed by atoms with Crippen LogP contribution in [-0.2, 0) is 19.1 Å². The molecule has 3 amide bonds. The third kappa shape index (κ3) is 5.92. The molecule has 10 nitrogen and oxygen atoms in total. The molecule has 3 rings (SSSR count). The molecule has 2 aromatic rings. The molecule has 1 atom stereocenters. The molecule has 0 aliphatic carbocycles. The monoisotopic (exact) mass is 475 g/mol. The summed E-state index contributed by atoms with van der Waals surface area (Å²) in [6.07, 6.45) is -0.156. The van der Waals surface area contributed by atoms with Crippen LogP contribution in [0.5, 0.6) is 11.5 Å². The lowest BCUT2D eigenvalue weighted by molar-refractivity contribution is -0.151. The third-order valence-electron chi connectivity index (χ3n) is 4.83. The van der Waals surface area contributed by atoms with E-state index in [0.717, 1.165) is 5.01 Å². The molecule has 1 heterocycles. The first-order chi connectivity index (χ1) is 15.8. The van der Waals surface area contributed by atoms with Gasteiger partial charge in [0.05, 0.1) is 37.4 Å². The Bertz CT molecular complexity index is 1080. The lowest BCUT2D eigenvalue weighted by atomic mass is 10.1. The van der Waals surface area contributed by atoms with Crippen molar-refractivity contribution in [2.45, 2.75) is 6.42 Å². The Hall–Kier alpha value is -3.79. The molecule has 1 saturated heterocycles. The fraction of sp³-hybridized carbons (Fsp3) is 0.273. The largest absolute Gasteiger partial charge is 0.493 e. The molecule has 0 saturated carbocycles. The number of anilines is 1. The third-order valence-corrected chi connectivity index (χ3v) is 5.16. The molecule has 1 aliphatic heterocycles. The molecule has 1 fully saturated rings. The van der Waals surface area contributed by atoms with Gasteiger partial charge in [0.2, 0.25) is 5.91 Å². The summed E-state index contributed by atoms with van der Waals surface area (Å²) < 4.78 is 15.3. The second-order valence-electron chi connectivity index (χ2n) is 7.05. The van der Waals surface area contributed by atoms with E-state index in [2.05, 4.69) is 10.7 Å². The minimum atomic E-state index is -0.823. The number of hydrazine groups is 1. The van der Waals surface area contributed by atoms with Crippen LogP contribution in [0.25, 0.3) is 0 Å². The van der Waals surface area contributed by atoms with E-state index in [9.17, 15) is 19.2 Å². The average Bonchev–Trinajstić information content (AvgIpc) is 3.18. The number of carbonyl (C=O) groups excluding carboxylic acids is 4. The first-order valence-electron chi connectivity index (χ1n) is 9.86. The summed E-state index contributed by atoms with van der Waals surface area (Å²) in [7, 11) is 2.91. The molecule has 2 aromatic carbocycles. The molecular weight excluding hydrogens is 454 g/mol. The Labute approximate surface area is 194 Å². The lowest BCUT2D eigenvalue weighted by Crippen LogP contribution is -2.43. The number of nitrogens with zero attached hydrogens (tertiary/aromatic N) is 1. The smallest absolute Gasteiger partial charge is 0.311 e. The van der Waals surface area contributed by atoms with Crippen LogP contribution in [-0.4, -0.2) is 56.1 Å². The van der Waals surface area contributed by atoms with Crippen molar-refractivity contribution >= 4 is 41.0 Å². The van der Waals surface area contributed by atoms with Crippen molar-refractivity contribution in [1.29, 1.82) is 0 Å². The zero-order chi connectivity index (χ0) is 24.0. The van der Waals surface area contributed by atoms with Crippen molar-refractivity contribution in [3.63, 3.8) is 0 Å². The highest BCUT2D eigenvalue weighted by atomic mass is 35.5. The minimum absolute atomic E-state index is 0.0805. The normalized spacial score (nSPS) is 15.1. The van der Waals surface area contributed by atoms with Crippen LogP contribution < -0.4 is 20.2 Å². The fourth-order valence-corrected chi connectivity index (χ4v) is 3.32. The maximum atomic E-state index is 12.5. The number of benzene rings is 2. The summed E-state index contributed by atoms with van der Waals surface area (Å²) in [6, 6.07) is 11.2. The molecule has 11 heteroatoms. The molecule has 174 valence electrons. The zero-order valence-electron chi connectivity index (χ0n) is 17.9. The summed E-state index contributed by atoms with van der Waals surface area (Å²) in [6.45, 7) is -0.615. The molecule has 0 radical (unpaired) electrons. The molecule has 0 bridgehead atoms. The van der Waals surface area contributed by atoms with Gasteiger partial charge in [0, 0.05) is 12.0 Å². The summed E-state index contributed by atoms with van der Waals surface area (Å²) in [5.74, 6) is -2.32. The number of rotatable bonds is 8. The number of nitrogens with one attached hydrogen (secondary N) is 2. The zero-order valence-corrected chi connectivity index (χ0v) is 18.7. The minimum Gasteiger partial charge on any atom is -0.493 e. The van der Waals surface area contributed by atoms with Crippen LogP contribution in [0.4, 0.5) is 5.69 Å². The number of esters is 1. The van der Waals surface area contributed by atoms with E-state index < -0.39 is 36.2 Å². The Kier molecular flexibility index (Phi) is 7.73. The number of ether oxygens (including phenoxy) is 3. The molecule has 2 N–H and O–H groups in total. The Morgan fingerprint density at radius 2 is 1.82 bits per heavy atom. The summed E-state index contributed by atoms with van der Waals surface area (Å²) in [4.78, 5) is 49.1. The number of hydrogen-bond acceptors (Lipinski definition) is 7. The van der Waals surface area contributed by atoms with Crippen LogP contribution in [0.3, 0.4) is 0 Å². The van der Waals surface area contributed by atoms with Crippen molar-refractivity contribution in [3.8, 4) is 11.5 Å². The van der Waals surface area contributed by atoms with Gasteiger partial charge in [-0.2, -0.15) is 0 Å². The average molecular weight is 476 g/mol. The van der Waals surface area contributed by atoms with Gasteiger partial charge in [-0.3, -0.25) is 29.6 Å². The Morgan fingerprint density at radius 3 is 2.52 bits per heavy atom. The molecular formula is C22H22ClN3O7. The lowest BCUT2D eigenvalue weighted by Gasteiger charge is -2.18. The number of halogens is 1. The van der Waals surface area contributed by atoms with Gasteiger partial charge in [0.25, 0.3) is 11.8 Å². The fourth-order valence-electron chi connectivity index (χ4n) is 3.14. The van der Waals surface area contributed by atoms with Gasteiger partial charge in [0.1, 0.15) is 0 Å². The van der Waals surface area contributed by atoms with Crippen molar-refractivity contribution < 1.29 is 33.4 Å². The van der Waals surface area contributed by atoms with Crippen molar-refractivity contribution in [2.75, 3.05) is 32.7 Å². The number of amides is 3. The van der Waals surface area contributed by atoms with Gasteiger partial charge in [0.15, 0.2) is 18.1 Å². The van der Waals surface area contributed by atoms with E-state index in [-0.39, 0.29) is 18.5 Å². The van der Waals surface area contributed by atoms with E-state index in [4.69, 9.17) is 25.8 Å². The van der Waals surface area contributed by atoms with Crippen LogP contribution in [0.15, 0.2) is 42.5 Å². The molecule has 0 aromatic heterocycles. The predicted octanol–water partition coefficient (Wildman–Crippen LogP) is 2.03. The molecule has 0 unspecified atom stereocenters. The first kappa shape index (κ1) is 23.9. The molecule has 33 heavy (non-hydrogen) atoms. The van der Waals surface area contributed by atoms with Crippen LogP contribution >= 0.6 is 11.6 Å². The van der Waals surface area contributed by atoms with Crippen molar-refractivity contribution in [3.05, 3.63) is 53.1 Å². The second-order valence-corrected chi connectivity index (χ2v) is 7.46. The molecule has 1 aliphatic rings. The topological polar surface area (TPSA) is 123 Å². The highest BCUT2D eigenvalue weighted by Gasteiger charge is 2.36. The first-order valence-corrected chi connectivity index (χ1v) is 10.2. The highest BCUT2D eigenvalue weighted by Crippen LogP contribution is 2.28. The number of carbonyl (C=O) groups is 4. The summed E-state index contributed by atoms with van der Waals surface area (Å²) in [5, 5.41) is 3.93. The van der Waals surface area contributed by atoms with Gasteiger partial charge in [-0.1, -0.05) is 23.7 Å². The van der Waals surface area contributed by atoms with E-state index >= 15 is 0 Å². The number of methoxy groups -OCH3 is 2. The number of hydrogen-bond donors (Lipinski definition) is 2. The summed E-state index contributed by atoms with van der Waals surface area (Å²) >= 11 is 5.97. The van der Waals surface area contributed by atoms with E-state index in [1.807, 2.05) is 0 Å². The summed E-state index contributed by atoms with van der Waals surface area (Å²) in [5.41, 5.74) is 3.10. The van der Waals surface area contributed by atoms with Crippen LogP contribution in [0.1, 0.15) is 16.8 Å². The quantitative estimate of drug-likeness (QED) is 0.560. The van der Waals surface area contributed by atoms with E-state index in [1.54, 1.807) is 30.3 Å². The Balaban J connectivity index is 1.52. The number of para-hydroxylation sites is 1. The SMILES string of the molecule is COc1ccc(C(=O)NN2C[C@H](C(=O)OCC(=O)Nc3ccccc3Cl)CC2=O)cc1OC. The maximum absolute atomic E-state index is 12.5. The van der Waals surface area contributed by atoms with E-state index in [1.165, 1.54) is 26.4 Å². The second kappa shape index (κ2) is 10.7. The van der Waals surface area contributed by atoms with Crippen LogP contribution in [0.2, 0.25) is 5.02 Å². The molecule has 0 spiro atoms. The van der Waals surface area contributed by atoms with Gasteiger partial charge in [-0.05, 0) is 30.3 Å². The highest BCUT2D eigenvalue weighted by molar-refractivity contribution is 6.33. The van der Waals surface area contributed by atoms with Gasteiger partial charge < -0.3 is 19.5 Å². The maximum Gasteiger partial charge on any atom is 0.311 e. The van der Waals surface area contributed by atoms with Gasteiger partial charge in [-0.15, -0.1) is 0 Å². The van der Waals surface area contributed by atoms with Crippen LogP contribution in [0, 0.1) is 5.92 Å².